The number of hydrogen-bond donors (Lipinski definition) is 1. The van der Waals surface area contributed by atoms with Crippen molar-refractivity contribution >= 4 is 16.9 Å². The first-order valence-electron chi connectivity index (χ1n) is 14.1. The molecule has 0 saturated carbocycles. The van der Waals surface area contributed by atoms with Crippen LogP contribution in [0.15, 0.2) is 72.8 Å². The number of carbonyl (C=O) groups is 1. The maximum absolute atomic E-state index is 12.3. The molecule has 0 aliphatic heterocycles. The standard InChI is InChI=1S/C33H41N3O3/c1-4-25(2)27-15-19-29(20-16-27)39-23-22-36-31-11-8-7-10-30(31)35-32(36)12-6-5-9-21-34-33(37)24-26-13-17-28(38-3)18-14-26/h7-8,10-11,13-20,25H,4-6,9,12,21-24H2,1-3H3,(H,34,37). The van der Waals surface area contributed by atoms with Crippen molar-refractivity contribution in [2.75, 3.05) is 20.3 Å². The second-order valence-corrected chi connectivity index (χ2v) is 10.1. The highest BCUT2D eigenvalue weighted by atomic mass is 16.5. The van der Waals surface area contributed by atoms with Crippen LogP contribution in [0.1, 0.15) is 62.4 Å². The number of ether oxygens (including phenoxy) is 2. The number of aryl methyl sites for hydroxylation is 1. The van der Waals surface area contributed by atoms with Crippen LogP contribution in [0.25, 0.3) is 11.0 Å². The number of unbranched alkanes of at least 4 members (excludes halogenated alkanes) is 2. The first-order valence-corrected chi connectivity index (χ1v) is 14.1. The van der Waals surface area contributed by atoms with Crippen molar-refractivity contribution in [3.8, 4) is 11.5 Å². The minimum Gasteiger partial charge on any atom is -0.497 e. The summed E-state index contributed by atoms with van der Waals surface area (Å²) in [5, 5.41) is 3.04. The van der Waals surface area contributed by atoms with Gasteiger partial charge in [0.1, 0.15) is 23.9 Å². The summed E-state index contributed by atoms with van der Waals surface area (Å²) >= 11 is 0. The van der Waals surface area contributed by atoms with Crippen LogP contribution in [0, 0.1) is 0 Å². The van der Waals surface area contributed by atoms with Crippen molar-refractivity contribution < 1.29 is 14.3 Å². The van der Waals surface area contributed by atoms with Crippen LogP contribution in [0.2, 0.25) is 0 Å². The maximum atomic E-state index is 12.3. The Balaban J connectivity index is 1.22. The molecule has 0 radical (unpaired) electrons. The molecule has 1 aromatic heterocycles. The smallest absolute Gasteiger partial charge is 0.224 e. The molecule has 206 valence electrons. The summed E-state index contributed by atoms with van der Waals surface area (Å²) < 4.78 is 13.6. The first kappa shape index (κ1) is 28.2. The monoisotopic (exact) mass is 527 g/mol. The Morgan fingerprint density at radius 3 is 2.44 bits per heavy atom. The summed E-state index contributed by atoms with van der Waals surface area (Å²) in [6.45, 7) is 6.50. The third-order valence-corrected chi connectivity index (χ3v) is 7.30. The molecule has 0 aliphatic carbocycles. The predicted octanol–water partition coefficient (Wildman–Crippen LogP) is 6.71. The summed E-state index contributed by atoms with van der Waals surface area (Å²) in [6, 6.07) is 24.4. The Kier molecular flexibility index (Phi) is 10.4. The Morgan fingerprint density at radius 2 is 1.69 bits per heavy atom. The lowest BCUT2D eigenvalue weighted by Gasteiger charge is -2.13. The molecule has 0 aliphatic rings. The van der Waals surface area contributed by atoms with E-state index in [2.05, 4.69) is 66.2 Å². The van der Waals surface area contributed by atoms with Crippen molar-refractivity contribution in [3.05, 3.63) is 89.7 Å². The van der Waals surface area contributed by atoms with Gasteiger partial charge < -0.3 is 19.4 Å². The van der Waals surface area contributed by atoms with Crippen LogP contribution in [0.4, 0.5) is 0 Å². The summed E-state index contributed by atoms with van der Waals surface area (Å²) in [6.07, 6.45) is 5.43. The number of nitrogens with zero attached hydrogens (tertiary/aromatic N) is 2. The third kappa shape index (κ3) is 8.09. The molecular formula is C33H41N3O3. The van der Waals surface area contributed by atoms with Crippen LogP contribution in [-0.2, 0) is 24.2 Å². The minimum absolute atomic E-state index is 0.0523. The minimum atomic E-state index is 0.0523. The molecule has 4 rings (SSSR count). The topological polar surface area (TPSA) is 65.4 Å². The molecule has 4 aromatic rings. The molecule has 0 saturated heterocycles. The van der Waals surface area contributed by atoms with E-state index in [-0.39, 0.29) is 5.91 Å². The fraction of sp³-hybridized carbons (Fsp3) is 0.394. The SMILES string of the molecule is CCC(C)c1ccc(OCCn2c(CCCCCNC(=O)Cc3ccc(OC)cc3)nc3ccccc32)cc1. The molecule has 39 heavy (non-hydrogen) atoms. The van der Waals surface area contributed by atoms with E-state index in [1.807, 2.05) is 30.3 Å². The van der Waals surface area contributed by atoms with Crippen LogP contribution in [-0.4, -0.2) is 35.7 Å². The summed E-state index contributed by atoms with van der Waals surface area (Å²) in [7, 11) is 1.64. The van der Waals surface area contributed by atoms with Gasteiger partial charge in [-0.25, -0.2) is 4.98 Å². The van der Waals surface area contributed by atoms with E-state index in [9.17, 15) is 4.79 Å². The molecule has 1 N–H and O–H groups in total. The van der Waals surface area contributed by atoms with E-state index in [0.29, 0.717) is 25.5 Å². The average Bonchev–Trinajstić information content (AvgIpc) is 3.32. The molecule has 1 unspecified atom stereocenters. The number of para-hydroxylation sites is 2. The Labute approximate surface area is 232 Å². The largest absolute Gasteiger partial charge is 0.497 e. The number of rotatable bonds is 15. The predicted molar refractivity (Wildman–Crippen MR) is 158 cm³/mol. The number of hydrogen-bond acceptors (Lipinski definition) is 4. The molecule has 3 aromatic carbocycles. The summed E-state index contributed by atoms with van der Waals surface area (Å²) in [5.74, 6) is 3.41. The van der Waals surface area contributed by atoms with Gasteiger partial charge in [0.25, 0.3) is 0 Å². The molecule has 6 heteroatoms. The maximum Gasteiger partial charge on any atom is 0.224 e. The van der Waals surface area contributed by atoms with Gasteiger partial charge in [0.15, 0.2) is 0 Å². The van der Waals surface area contributed by atoms with Crippen LogP contribution >= 0.6 is 0 Å². The van der Waals surface area contributed by atoms with E-state index in [4.69, 9.17) is 14.5 Å². The number of fused-ring (bicyclic) bond motifs is 1. The number of aromatic nitrogens is 2. The van der Waals surface area contributed by atoms with Crippen LogP contribution in [0.5, 0.6) is 11.5 Å². The van der Waals surface area contributed by atoms with E-state index in [1.54, 1.807) is 7.11 Å². The average molecular weight is 528 g/mol. The fourth-order valence-electron chi connectivity index (χ4n) is 4.75. The Bertz CT molecular complexity index is 1310. The van der Waals surface area contributed by atoms with Gasteiger partial charge in [-0.05, 0) is 72.7 Å². The van der Waals surface area contributed by atoms with Crippen molar-refractivity contribution in [1.29, 1.82) is 0 Å². The number of methoxy groups -OCH3 is 1. The van der Waals surface area contributed by atoms with Gasteiger partial charge in [-0.15, -0.1) is 0 Å². The lowest BCUT2D eigenvalue weighted by atomic mass is 9.99. The summed E-state index contributed by atoms with van der Waals surface area (Å²) in [4.78, 5) is 17.2. The normalized spacial score (nSPS) is 11.9. The zero-order chi connectivity index (χ0) is 27.5. The Morgan fingerprint density at radius 1 is 0.949 bits per heavy atom. The number of amides is 1. The van der Waals surface area contributed by atoms with Gasteiger partial charge in [0, 0.05) is 13.0 Å². The molecule has 1 atom stereocenters. The van der Waals surface area contributed by atoms with Crippen LogP contribution < -0.4 is 14.8 Å². The molecular weight excluding hydrogens is 486 g/mol. The third-order valence-electron chi connectivity index (χ3n) is 7.30. The lowest BCUT2D eigenvalue weighted by molar-refractivity contribution is -0.120. The molecule has 0 spiro atoms. The van der Waals surface area contributed by atoms with Gasteiger partial charge in [-0.1, -0.05) is 56.7 Å². The van der Waals surface area contributed by atoms with E-state index in [1.165, 1.54) is 5.56 Å². The van der Waals surface area contributed by atoms with Crippen molar-refractivity contribution in [2.24, 2.45) is 0 Å². The van der Waals surface area contributed by atoms with E-state index < -0.39 is 0 Å². The number of nitrogens with one attached hydrogen (secondary N) is 1. The lowest BCUT2D eigenvalue weighted by Crippen LogP contribution is -2.26. The quantitative estimate of drug-likeness (QED) is 0.175. The molecule has 0 fully saturated rings. The Hall–Kier alpha value is -3.80. The van der Waals surface area contributed by atoms with Gasteiger partial charge in [0.05, 0.1) is 31.1 Å². The molecule has 0 bridgehead atoms. The highest BCUT2D eigenvalue weighted by molar-refractivity contribution is 5.78. The van der Waals surface area contributed by atoms with Gasteiger partial charge in [-0.3, -0.25) is 4.79 Å². The highest BCUT2D eigenvalue weighted by Gasteiger charge is 2.11. The fourth-order valence-corrected chi connectivity index (χ4v) is 4.75. The second-order valence-electron chi connectivity index (χ2n) is 10.1. The number of carbonyl (C=O) groups excluding carboxylic acids is 1. The molecule has 1 heterocycles. The van der Waals surface area contributed by atoms with Crippen molar-refractivity contribution in [1.82, 2.24) is 14.9 Å². The zero-order valence-corrected chi connectivity index (χ0v) is 23.5. The second kappa shape index (κ2) is 14.4. The van der Waals surface area contributed by atoms with E-state index in [0.717, 1.165) is 72.6 Å². The summed E-state index contributed by atoms with van der Waals surface area (Å²) in [5.41, 5.74) is 4.51. The zero-order valence-electron chi connectivity index (χ0n) is 23.5. The van der Waals surface area contributed by atoms with Gasteiger partial charge >= 0.3 is 0 Å². The van der Waals surface area contributed by atoms with Gasteiger partial charge in [0.2, 0.25) is 5.91 Å². The number of benzene rings is 3. The van der Waals surface area contributed by atoms with Crippen LogP contribution in [0.3, 0.4) is 0 Å². The first-order chi connectivity index (χ1) is 19.1. The van der Waals surface area contributed by atoms with Crippen molar-refractivity contribution in [3.63, 3.8) is 0 Å². The number of imidazole rings is 1. The molecule has 6 nitrogen and oxygen atoms in total. The molecule has 1 amide bonds. The van der Waals surface area contributed by atoms with E-state index >= 15 is 0 Å². The van der Waals surface area contributed by atoms with Gasteiger partial charge in [-0.2, -0.15) is 0 Å². The highest BCUT2D eigenvalue weighted by Crippen LogP contribution is 2.22. The van der Waals surface area contributed by atoms with Crippen molar-refractivity contribution in [2.45, 2.75) is 64.8 Å².